The molecule has 0 fully saturated rings. The predicted molar refractivity (Wildman–Crippen MR) is 143 cm³/mol. The van der Waals surface area contributed by atoms with Crippen molar-refractivity contribution in [3.63, 3.8) is 0 Å². The largest absolute Gasteiger partial charge is 0.460 e. The third-order valence-corrected chi connectivity index (χ3v) is 6.15. The second-order valence-electron chi connectivity index (χ2n) is 7.87. The van der Waals surface area contributed by atoms with E-state index >= 15 is 0 Å². The number of rotatable bonds is 14. The van der Waals surface area contributed by atoms with Crippen LogP contribution in [0.5, 0.6) is 17.2 Å². The summed E-state index contributed by atoms with van der Waals surface area (Å²) in [7, 11) is -4.25. The van der Waals surface area contributed by atoms with Crippen molar-refractivity contribution >= 4 is 17.2 Å². The summed E-state index contributed by atoms with van der Waals surface area (Å²) in [6.45, 7) is 2.23. The molecule has 0 atom stereocenters. The normalized spacial score (nSPS) is 10.6. The van der Waals surface area contributed by atoms with E-state index in [4.69, 9.17) is 23.4 Å². The van der Waals surface area contributed by atoms with Gasteiger partial charge in [0.2, 0.25) is 0 Å². The molecule has 190 valence electrons. The molecule has 0 aliphatic rings. The number of unbranched alkanes of at least 4 members (excludes halogenated alkanes) is 6. The fraction of sp³-hybridized carbons (Fsp3) is 0.333. The fourth-order valence-corrected chi connectivity index (χ4v) is 4.32. The summed E-state index contributed by atoms with van der Waals surface area (Å²) in [4.78, 5) is 27.4. The maximum Gasteiger partial charge on any atom is 0.460 e. The standard InChI is InChI=1S/C15H25O3P.C12H11O3P/c1-2-3-4-5-6-7-8-11-14-12-9-10-13-15(14)18-19(16)17;13-16(14-11-7-3-1-4-8-11)15-12-9-5-2-6-10-12/h9-10,12-13,16-17H,2-8,11H2,1H3;1-10,13H. The summed E-state index contributed by atoms with van der Waals surface area (Å²) < 4.78 is 15.5. The van der Waals surface area contributed by atoms with Gasteiger partial charge in [-0.1, -0.05) is 100 Å². The van der Waals surface area contributed by atoms with Crippen LogP contribution in [0.3, 0.4) is 0 Å². The molecule has 0 aliphatic carbocycles. The molecule has 3 N–H and O–H groups in total. The van der Waals surface area contributed by atoms with Crippen LogP contribution in [0, 0.1) is 0 Å². The molecule has 0 amide bonds. The van der Waals surface area contributed by atoms with Gasteiger partial charge in [-0.2, -0.15) is 0 Å². The molecule has 3 rings (SSSR count). The highest BCUT2D eigenvalue weighted by Gasteiger charge is 2.10. The number of hydrogen-bond acceptors (Lipinski definition) is 6. The average molecular weight is 519 g/mol. The van der Waals surface area contributed by atoms with E-state index in [-0.39, 0.29) is 0 Å². The van der Waals surface area contributed by atoms with Crippen molar-refractivity contribution in [2.24, 2.45) is 0 Å². The van der Waals surface area contributed by atoms with E-state index in [1.54, 1.807) is 30.3 Å². The van der Waals surface area contributed by atoms with Crippen molar-refractivity contribution < 1.29 is 28.3 Å². The third-order valence-electron chi connectivity index (χ3n) is 5.06. The minimum Gasteiger partial charge on any atom is -0.427 e. The van der Waals surface area contributed by atoms with E-state index < -0.39 is 17.2 Å². The molecule has 0 spiro atoms. The van der Waals surface area contributed by atoms with Crippen LogP contribution in [-0.2, 0) is 6.42 Å². The highest BCUT2D eigenvalue weighted by atomic mass is 31.2. The molecule has 0 heterocycles. The van der Waals surface area contributed by atoms with Crippen LogP contribution in [-0.4, -0.2) is 14.7 Å². The summed E-state index contributed by atoms with van der Waals surface area (Å²) in [6, 6.07) is 25.7. The first-order chi connectivity index (χ1) is 17.1. The Bertz CT molecular complexity index is 870. The van der Waals surface area contributed by atoms with Gasteiger partial charge in [0.25, 0.3) is 0 Å². The van der Waals surface area contributed by atoms with Crippen molar-refractivity contribution in [3.05, 3.63) is 90.5 Å². The molecule has 0 saturated heterocycles. The summed E-state index contributed by atoms with van der Waals surface area (Å²) >= 11 is 0. The maximum absolute atomic E-state index is 9.58. The van der Waals surface area contributed by atoms with Crippen LogP contribution >= 0.6 is 17.2 Å². The number of aryl methyl sites for hydroxylation is 1. The summed E-state index contributed by atoms with van der Waals surface area (Å²) in [5.74, 6) is 1.78. The maximum atomic E-state index is 9.58. The van der Waals surface area contributed by atoms with Gasteiger partial charge in [-0.3, -0.25) is 0 Å². The molecule has 3 aromatic carbocycles. The molecule has 8 heteroatoms. The van der Waals surface area contributed by atoms with E-state index in [0.29, 0.717) is 17.2 Å². The van der Waals surface area contributed by atoms with E-state index in [1.165, 1.54) is 38.5 Å². The van der Waals surface area contributed by atoms with Gasteiger partial charge < -0.3 is 28.3 Å². The molecule has 0 aromatic heterocycles. The monoisotopic (exact) mass is 518 g/mol. The molecule has 3 aromatic rings. The lowest BCUT2D eigenvalue weighted by Crippen LogP contribution is -1.93. The number of para-hydroxylation sites is 3. The van der Waals surface area contributed by atoms with Crippen molar-refractivity contribution in [2.75, 3.05) is 0 Å². The lowest BCUT2D eigenvalue weighted by atomic mass is 10.0. The predicted octanol–water partition coefficient (Wildman–Crippen LogP) is 7.93. The molecule has 0 saturated carbocycles. The minimum atomic E-state index is -2.32. The zero-order valence-electron chi connectivity index (χ0n) is 20.2. The number of benzene rings is 3. The second kappa shape index (κ2) is 18.1. The van der Waals surface area contributed by atoms with E-state index in [0.717, 1.165) is 18.4 Å². The first kappa shape index (κ1) is 29.0. The second-order valence-corrected chi connectivity index (χ2v) is 9.40. The number of hydrogen-bond donors (Lipinski definition) is 3. The van der Waals surface area contributed by atoms with Crippen molar-refractivity contribution in [1.29, 1.82) is 0 Å². The lowest BCUT2D eigenvalue weighted by Gasteiger charge is -2.11. The van der Waals surface area contributed by atoms with Gasteiger partial charge in [-0.25, -0.2) is 0 Å². The zero-order chi connectivity index (χ0) is 25.1. The van der Waals surface area contributed by atoms with Gasteiger partial charge in [0.15, 0.2) is 0 Å². The van der Waals surface area contributed by atoms with E-state index in [2.05, 4.69) is 6.92 Å². The van der Waals surface area contributed by atoms with Crippen LogP contribution < -0.4 is 13.6 Å². The Balaban J connectivity index is 0.000000250. The van der Waals surface area contributed by atoms with Crippen molar-refractivity contribution in [1.82, 2.24) is 0 Å². The first-order valence-corrected chi connectivity index (χ1v) is 14.3. The molecule has 35 heavy (non-hydrogen) atoms. The van der Waals surface area contributed by atoms with Gasteiger partial charge in [-0.15, -0.1) is 0 Å². The molecular weight excluding hydrogens is 482 g/mol. The SMILES string of the molecule is CCCCCCCCCc1ccccc1OP(O)O.OP(Oc1ccccc1)Oc1ccccc1. The van der Waals surface area contributed by atoms with Crippen LogP contribution in [0.4, 0.5) is 0 Å². The Labute approximate surface area is 211 Å². The third kappa shape index (κ3) is 13.5. The van der Waals surface area contributed by atoms with Crippen molar-refractivity contribution in [3.8, 4) is 17.2 Å². The Morgan fingerprint density at radius 1 is 0.571 bits per heavy atom. The van der Waals surface area contributed by atoms with Crippen LogP contribution in [0.15, 0.2) is 84.9 Å². The van der Waals surface area contributed by atoms with Gasteiger partial charge in [0, 0.05) is 0 Å². The molecule has 0 radical (unpaired) electrons. The van der Waals surface area contributed by atoms with Gasteiger partial charge >= 0.3 is 17.2 Å². The van der Waals surface area contributed by atoms with Gasteiger partial charge in [0.1, 0.15) is 17.2 Å². The Hall–Kier alpha value is -2.20. The van der Waals surface area contributed by atoms with Gasteiger partial charge in [0.05, 0.1) is 0 Å². The van der Waals surface area contributed by atoms with E-state index in [9.17, 15) is 4.89 Å². The molecule has 0 aliphatic heterocycles. The Morgan fingerprint density at radius 2 is 1.06 bits per heavy atom. The minimum absolute atomic E-state index is 0.590. The lowest BCUT2D eigenvalue weighted by molar-refractivity contribution is 0.373. The average Bonchev–Trinajstić information content (AvgIpc) is 2.86. The molecule has 6 nitrogen and oxygen atoms in total. The fourth-order valence-electron chi connectivity index (χ4n) is 3.32. The summed E-state index contributed by atoms with van der Waals surface area (Å²) in [5, 5.41) is 0. The van der Waals surface area contributed by atoms with Crippen LogP contribution in [0.2, 0.25) is 0 Å². The highest BCUT2D eigenvalue weighted by molar-refractivity contribution is 7.41. The Kier molecular flexibility index (Phi) is 15.0. The molecule has 0 bridgehead atoms. The summed E-state index contributed by atoms with van der Waals surface area (Å²) in [6.07, 6.45) is 9.87. The van der Waals surface area contributed by atoms with Crippen LogP contribution in [0.25, 0.3) is 0 Å². The molecule has 0 unspecified atom stereocenters. The smallest absolute Gasteiger partial charge is 0.427 e. The topological polar surface area (TPSA) is 88.4 Å². The summed E-state index contributed by atoms with van der Waals surface area (Å²) in [5.41, 5.74) is 1.06. The molecular formula is C27H36O6P2. The highest BCUT2D eigenvalue weighted by Crippen LogP contribution is 2.36. The quantitative estimate of drug-likeness (QED) is 0.148. The van der Waals surface area contributed by atoms with Gasteiger partial charge in [-0.05, 0) is 48.7 Å². The van der Waals surface area contributed by atoms with Crippen molar-refractivity contribution in [2.45, 2.75) is 58.3 Å². The van der Waals surface area contributed by atoms with E-state index in [1.807, 2.05) is 54.6 Å². The first-order valence-electron chi connectivity index (χ1n) is 12.0. The Morgan fingerprint density at radius 3 is 1.60 bits per heavy atom. The van der Waals surface area contributed by atoms with Crippen LogP contribution in [0.1, 0.15) is 57.4 Å². The zero-order valence-corrected chi connectivity index (χ0v) is 22.0.